The van der Waals surface area contributed by atoms with E-state index in [4.69, 9.17) is 0 Å². The minimum Gasteiger partial charge on any atom is -0.340 e. The van der Waals surface area contributed by atoms with Gasteiger partial charge in [0, 0.05) is 19.2 Å². The lowest BCUT2D eigenvalue weighted by Crippen LogP contribution is -2.50. The van der Waals surface area contributed by atoms with Crippen molar-refractivity contribution in [3.63, 3.8) is 0 Å². The fraction of sp³-hybridized carbons (Fsp3) is 0.300. The number of rotatable bonds is 6. The maximum absolute atomic E-state index is 12.8. The summed E-state index contributed by atoms with van der Waals surface area (Å²) in [5, 5.41) is 2.87. The number of carbonyl (C=O) groups excluding carboxylic acids is 2. The van der Waals surface area contributed by atoms with Gasteiger partial charge in [0.25, 0.3) is 5.91 Å². The van der Waals surface area contributed by atoms with Crippen LogP contribution in [0.1, 0.15) is 29.8 Å². The summed E-state index contributed by atoms with van der Waals surface area (Å²) in [7, 11) is 1.76. The fourth-order valence-electron chi connectivity index (χ4n) is 2.50. The van der Waals surface area contributed by atoms with Crippen LogP contribution in [0.15, 0.2) is 60.7 Å². The number of nitrogens with zero attached hydrogens (tertiary/aromatic N) is 1. The van der Waals surface area contributed by atoms with Crippen molar-refractivity contribution in [2.75, 3.05) is 7.05 Å². The molecular weight excluding hydrogens is 300 g/mol. The maximum Gasteiger partial charge on any atom is 0.251 e. The molecule has 0 spiro atoms. The van der Waals surface area contributed by atoms with E-state index in [1.165, 1.54) is 0 Å². The Labute approximate surface area is 143 Å². The molecule has 4 nitrogen and oxygen atoms in total. The molecule has 2 amide bonds. The Balaban J connectivity index is 2.06. The van der Waals surface area contributed by atoms with Gasteiger partial charge in [0.2, 0.25) is 5.91 Å². The zero-order valence-electron chi connectivity index (χ0n) is 14.4. The first-order valence-corrected chi connectivity index (χ1v) is 8.14. The summed E-state index contributed by atoms with van der Waals surface area (Å²) >= 11 is 0. The summed E-state index contributed by atoms with van der Waals surface area (Å²) in [4.78, 5) is 26.8. The molecule has 0 heterocycles. The van der Waals surface area contributed by atoms with Crippen LogP contribution in [0.5, 0.6) is 0 Å². The van der Waals surface area contributed by atoms with Gasteiger partial charge in [-0.1, -0.05) is 62.4 Å². The van der Waals surface area contributed by atoms with Crippen molar-refractivity contribution in [3.8, 4) is 0 Å². The quantitative estimate of drug-likeness (QED) is 0.887. The Morgan fingerprint density at radius 3 is 2.04 bits per heavy atom. The predicted octanol–water partition coefficient (Wildman–Crippen LogP) is 3.10. The Kier molecular flexibility index (Phi) is 6.13. The minimum absolute atomic E-state index is 0.00313. The van der Waals surface area contributed by atoms with Gasteiger partial charge in [0.1, 0.15) is 6.04 Å². The molecule has 4 heteroatoms. The zero-order valence-corrected chi connectivity index (χ0v) is 14.4. The molecule has 0 aliphatic rings. The highest BCUT2D eigenvalue weighted by molar-refractivity contribution is 5.97. The standard InChI is InChI=1S/C20H24N2O2/c1-15(2)18(21-19(23)17-12-8-5-9-13-17)20(24)22(3)14-16-10-6-4-7-11-16/h4-13,15,18H,14H2,1-3H3,(H,21,23). The van der Waals surface area contributed by atoms with Crippen LogP contribution in [0.4, 0.5) is 0 Å². The van der Waals surface area contributed by atoms with Gasteiger partial charge in [0.15, 0.2) is 0 Å². The first-order valence-electron chi connectivity index (χ1n) is 8.14. The number of amides is 2. The Bertz CT molecular complexity index is 669. The van der Waals surface area contributed by atoms with Gasteiger partial charge in [-0.3, -0.25) is 9.59 Å². The first-order chi connectivity index (χ1) is 11.5. The Morgan fingerprint density at radius 1 is 0.958 bits per heavy atom. The third-order valence-corrected chi connectivity index (χ3v) is 3.89. The lowest BCUT2D eigenvalue weighted by molar-refractivity contribution is -0.133. The van der Waals surface area contributed by atoms with Gasteiger partial charge in [-0.2, -0.15) is 0 Å². The number of hydrogen-bond donors (Lipinski definition) is 1. The van der Waals surface area contributed by atoms with Gasteiger partial charge in [-0.25, -0.2) is 0 Å². The highest BCUT2D eigenvalue weighted by atomic mass is 16.2. The van der Waals surface area contributed by atoms with Crippen molar-refractivity contribution < 1.29 is 9.59 Å². The van der Waals surface area contributed by atoms with E-state index in [1.54, 1.807) is 24.1 Å². The molecule has 1 unspecified atom stereocenters. The monoisotopic (exact) mass is 324 g/mol. The van der Waals surface area contributed by atoms with E-state index in [0.717, 1.165) is 5.56 Å². The van der Waals surface area contributed by atoms with Crippen LogP contribution in [0.2, 0.25) is 0 Å². The largest absolute Gasteiger partial charge is 0.340 e. The molecule has 0 aromatic heterocycles. The van der Waals surface area contributed by atoms with E-state index in [9.17, 15) is 9.59 Å². The SMILES string of the molecule is CC(C)C(NC(=O)c1ccccc1)C(=O)N(C)Cc1ccccc1. The van der Waals surface area contributed by atoms with Crippen molar-refractivity contribution in [1.29, 1.82) is 0 Å². The summed E-state index contributed by atoms with van der Waals surface area (Å²) < 4.78 is 0. The second-order valence-corrected chi connectivity index (χ2v) is 6.24. The minimum atomic E-state index is -0.550. The highest BCUT2D eigenvalue weighted by Gasteiger charge is 2.27. The smallest absolute Gasteiger partial charge is 0.251 e. The van der Waals surface area contributed by atoms with Crippen LogP contribution in [0, 0.1) is 5.92 Å². The average Bonchev–Trinajstić information content (AvgIpc) is 2.60. The molecule has 2 aromatic carbocycles. The van der Waals surface area contributed by atoms with E-state index in [2.05, 4.69) is 5.32 Å². The van der Waals surface area contributed by atoms with Crippen LogP contribution in [-0.2, 0) is 11.3 Å². The van der Waals surface area contributed by atoms with Gasteiger partial charge >= 0.3 is 0 Å². The molecule has 0 aliphatic carbocycles. The van der Waals surface area contributed by atoms with Crippen LogP contribution in [0.25, 0.3) is 0 Å². The highest BCUT2D eigenvalue weighted by Crippen LogP contribution is 2.10. The molecule has 0 radical (unpaired) electrons. The third-order valence-electron chi connectivity index (χ3n) is 3.89. The summed E-state index contributed by atoms with van der Waals surface area (Å²) in [5.74, 6) is -0.308. The van der Waals surface area contributed by atoms with E-state index < -0.39 is 6.04 Å². The van der Waals surface area contributed by atoms with Gasteiger partial charge in [-0.05, 0) is 23.6 Å². The topological polar surface area (TPSA) is 49.4 Å². The maximum atomic E-state index is 12.8. The van der Waals surface area contributed by atoms with E-state index in [-0.39, 0.29) is 17.7 Å². The average molecular weight is 324 g/mol. The molecule has 0 fully saturated rings. The number of nitrogens with one attached hydrogen (secondary N) is 1. The molecule has 1 N–H and O–H groups in total. The van der Waals surface area contributed by atoms with Crippen molar-refractivity contribution in [2.45, 2.75) is 26.4 Å². The van der Waals surface area contributed by atoms with Crippen molar-refractivity contribution in [2.24, 2.45) is 5.92 Å². The zero-order chi connectivity index (χ0) is 17.5. The summed E-state index contributed by atoms with van der Waals surface area (Å²) in [6, 6.07) is 18.2. The molecule has 2 rings (SSSR count). The second-order valence-electron chi connectivity index (χ2n) is 6.24. The third kappa shape index (κ3) is 4.69. The molecule has 0 aliphatic heterocycles. The van der Waals surface area contributed by atoms with E-state index in [1.807, 2.05) is 62.4 Å². The molecule has 2 aromatic rings. The molecule has 0 bridgehead atoms. The molecule has 0 saturated heterocycles. The molecular formula is C20H24N2O2. The Hall–Kier alpha value is -2.62. The summed E-state index contributed by atoms with van der Waals surface area (Å²) in [5.41, 5.74) is 1.62. The van der Waals surface area contributed by atoms with E-state index in [0.29, 0.717) is 12.1 Å². The predicted molar refractivity (Wildman–Crippen MR) is 95.5 cm³/mol. The molecule has 24 heavy (non-hydrogen) atoms. The number of benzene rings is 2. The van der Waals surface area contributed by atoms with Crippen molar-refractivity contribution in [3.05, 3.63) is 71.8 Å². The molecule has 1 atom stereocenters. The second kappa shape index (κ2) is 8.29. The summed E-state index contributed by atoms with van der Waals surface area (Å²) in [6.45, 7) is 4.39. The van der Waals surface area contributed by atoms with Gasteiger partial charge < -0.3 is 10.2 Å². The number of hydrogen-bond acceptors (Lipinski definition) is 2. The lowest BCUT2D eigenvalue weighted by Gasteiger charge is -2.27. The lowest BCUT2D eigenvalue weighted by atomic mass is 10.0. The van der Waals surface area contributed by atoms with Crippen LogP contribution < -0.4 is 5.32 Å². The van der Waals surface area contributed by atoms with Crippen molar-refractivity contribution in [1.82, 2.24) is 10.2 Å². The first kappa shape index (κ1) is 17.7. The van der Waals surface area contributed by atoms with Crippen LogP contribution in [0.3, 0.4) is 0 Å². The fourth-order valence-corrected chi connectivity index (χ4v) is 2.50. The Morgan fingerprint density at radius 2 is 1.50 bits per heavy atom. The van der Waals surface area contributed by atoms with Crippen LogP contribution in [-0.4, -0.2) is 29.8 Å². The van der Waals surface area contributed by atoms with E-state index >= 15 is 0 Å². The van der Waals surface area contributed by atoms with Gasteiger partial charge in [0.05, 0.1) is 0 Å². The summed E-state index contributed by atoms with van der Waals surface area (Å²) in [6.07, 6.45) is 0. The number of likely N-dealkylation sites (N-methyl/N-ethyl adjacent to an activating group) is 1. The number of carbonyl (C=O) groups is 2. The van der Waals surface area contributed by atoms with Crippen molar-refractivity contribution >= 4 is 11.8 Å². The molecule has 0 saturated carbocycles. The van der Waals surface area contributed by atoms with Crippen LogP contribution >= 0.6 is 0 Å². The normalized spacial score (nSPS) is 11.8. The molecule has 126 valence electrons. The van der Waals surface area contributed by atoms with Gasteiger partial charge in [-0.15, -0.1) is 0 Å².